The number of aromatic amines is 1. The Bertz CT molecular complexity index is 939. The van der Waals surface area contributed by atoms with Crippen LogP contribution in [-0.2, 0) is 17.6 Å². The second-order valence-corrected chi connectivity index (χ2v) is 8.82. The van der Waals surface area contributed by atoms with E-state index in [0.717, 1.165) is 84.4 Å². The summed E-state index contributed by atoms with van der Waals surface area (Å²) in [5.41, 5.74) is 2.71. The van der Waals surface area contributed by atoms with E-state index in [1.807, 2.05) is 42.2 Å². The monoisotopic (exact) mass is 505 g/mol. The van der Waals surface area contributed by atoms with Crippen molar-refractivity contribution in [1.29, 1.82) is 0 Å². The topological polar surface area (TPSA) is 87.2 Å². The number of hydrogen-bond donors (Lipinski definition) is 3. The lowest BCUT2D eigenvalue weighted by molar-refractivity contribution is 0.152. The van der Waals surface area contributed by atoms with Crippen molar-refractivity contribution in [3.05, 3.63) is 57.5 Å². The summed E-state index contributed by atoms with van der Waals surface area (Å²) < 4.78 is 6.52. The van der Waals surface area contributed by atoms with E-state index >= 15 is 0 Å². The Morgan fingerprint density at radius 2 is 1.97 bits per heavy atom. The molecule has 3 N–H and O–H groups in total. The van der Waals surface area contributed by atoms with Gasteiger partial charge in [0, 0.05) is 24.1 Å². The van der Waals surface area contributed by atoms with Gasteiger partial charge in [-0.25, -0.2) is 0 Å². The number of pyridine rings is 1. The first kappa shape index (κ1) is 27.7. The fourth-order valence-corrected chi connectivity index (χ4v) is 4.65. The van der Waals surface area contributed by atoms with Gasteiger partial charge in [-0.3, -0.25) is 9.78 Å². The van der Waals surface area contributed by atoms with Crippen molar-refractivity contribution < 1.29 is 9.84 Å². The van der Waals surface area contributed by atoms with E-state index in [0.29, 0.717) is 5.52 Å². The minimum absolute atomic E-state index is 0. The number of nitrogens with zero attached hydrogens (tertiary/aromatic N) is 1. The number of aromatic hydroxyl groups is 1. The van der Waals surface area contributed by atoms with Crippen LogP contribution in [-0.4, -0.2) is 52.9 Å². The van der Waals surface area contributed by atoms with Crippen molar-refractivity contribution in [2.24, 2.45) is 0 Å². The third kappa shape index (κ3) is 9.39. The first-order valence-electron chi connectivity index (χ1n) is 9.84. The summed E-state index contributed by atoms with van der Waals surface area (Å²) in [4.78, 5) is 18.4. The average Bonchev–Trinajstić information content (AvgIpc) is 3.13. The SMILES string of the molecule is Cl.Cl.O=c1[nH]c2c(O)ccc(CCNCCCSCCOCCc3ccccn3)c2s1. The van der Waals surface area contributed by atoms with Crippen LogP contribution in [0, 0.1) is 0 Å². The molecule has 0 saturated carbocycles. The molecular formula is C21H29Cl2N3O3S2. The fraction of sp³-hybridized carbons (Fsp3) is 0.429. The number of thioether (sulfide) groups is 1. The smallest absolute Gasteiger partial charge is 0.305 e. The Kier molecular flexibility index (Phi) is 13.9. The van der Waals surface area contributed by atoms with Gasteiger partial charge in [0.05, 0.1) is 17.9 Å². The van der Waals surface area contributed by atoms with Crippen LogP contribution < -0.4 is 10.2 Å². The molecule has 0 spiro atoms. The Labute approximate surface area is 203 Å². The maximum absolute atomic E-state index is 11.5. The molecule has 0 bridgehead atoms. The molecule has 0 fully saturated rings. The summed E-state index contributed by atoms with van der Waals surface area (Å²) in [6.45, 7) is 3.33. The summed E-state index contributed by atoms with van der Waals surface area (Å²) in [6, 6.07) is 9.49. The molecule has 1 aromatic carbocycles. The number of benzene rings is 1. The van der Waals surface area contributed by atoms with Crippen LogP contribution in [0.15, 0.2) is 41.3 Å². The number of fused-ring (bicyclic) bond motifs is 1. The summed E-state index contributed by atoms with van der Waals surface area (Å²) >= 11 is 3.07. The van der Waals surface area contributed by atoms with Gasteiger partial charge in [-0.1, -0.05) is 23.5 Å². The number of H-pyrrole nitrogens is 1. The van der Waals surface area contributed by atoms with Crippen LogP contribution in [0.4, 0.5) is 0 Å². The molecule has 3 aromatic rings. The maximum atomic E-state index is 11.5. The van der Waals surface area contributed by atoms with Gasteiger partial charge in [0.15, 0.2) is 0 Å². The summed E-state index contributed by atoms with van der Waals surface area (Å²) in [5, 5.41) is 13.3. The first-order chi connectivity index (χ1) is 14.2. The van der Waals surface area contributed by atoms with Gasteiger partial charge in [-0.2, -0.15) is 11.8 Å². The number of rotatable bonds is 13. The highest BCUT2D eigenvalue weighted by molar-refractivity contribution is 7.99. The van der Waals surface area contributed by atoms with Gasteiger partial charge >= 0.3 is 4.87 Å². The Morgan fingerprint density at radius 1 is 1.10 bits per heavy atom. The first-order valence-corrected chi connectivity index (χ1v) is 11.8. The number of halogens is 2. The Morgan fingerprint density at radius 3 is 2.77 bits per heavy atom. The van der Waals surface area contributed by atoms with Gasteiger partial charge in [0.25, 0.3) is 0 Å². The molecule has 0 saturated heterocycles. The average molecular weight is 507 g/mol. The maximum Gasteiger partial charge on any atom is 0.305 e. The van der Waals surface area contributed by atoms with Crippen LogP contribution in [0.3, 0.4) is 0 Å². The van der Waals surface area contributed by atoms with E-state index in [-0.39, 0.29) is 35.4 Å². The number of hydrogen-bond acceptors (Lipinski definition) is 7. The van der Waals surface area contributed by atoms with Gasteiger partial charge < -0.3 is 20.1 Å². The van der Waals surface area contributed by atoms with E-state index in [4.69, 9.17) is 4.74 Å². The minimum Gasteiger partial charge on any atom is -0.506 e. The van der Waals surface area contributed by atoms with Crippen molar-refractivity contribution >= 4 is 58.1 Å². The lowest BCUT2D eigenvalue weighted by Gasteiger charge is -2.07. The van der Waals surface area contributed by atoms with E-state index in [9.17, 15) is 9.90 Å². The number of nitrogens with one attached hydrogen (secondary N) is 2. The Balaban J connectivity index is 0.00000240. The van der Waals surface area contributed by atoms with Crippen molar-refractivity contribution in [3.8, 4) is 5.75 Å². The van der Waals surface area contributed by atoms with Gasteiger partial charge in [0.1, 0.15) is 11.3 Å². The van der Waals surface area contributed by atoms with Crippen LogP contribution in [0.1, 0.15) is 17.7 Å². The van der Waals surface area contributed by atoms with Gasteiger partial charge in [-0.05, 0) is 55.4 Å². The minimum atomic E-state index is -0.131. The van der Waals surface area contributed by atoms with E-state index in [1.165, 1.54) is 0 Å². The lowest BCUT2D eigenvalue weighted by atomic mass is 10.1. The van der Waals surface area contributed by atoms with Gasteiger partial charge in [-0.15, -0.1) is 24.8 Å². The second kappa shape index (κ2) is 15.5. The third-order valence-corrected chi connectivity index (χ3v) is 6.44. The molecule has 6 nitrogen and oxygen atoms in total. The van der Waals surface area contributed by atoms with Crippen molar-refractivity contribution in [1.82, 2.24) is 15.3 Å². The molecule has 3 rings (SSSR count). The molecule has 2 aromatic heterocycles. The van der Waals surface area contributed by atoms with E-state index < -0.39 is 0 Å². The zero-order chi connectivity index (χ0) is 20.3. The van der Waals surface area contributed by atoms with Crippen LogP contribution in [0.25, 0.3) is 10.2 Å². The van der Waals surface area contributed by atoms with Gasteiger partial charge in [0.2, 0.25) is 0 Å². The van der Waals surface area contributed by atoms with Crippen molar-refractivity contribution in [3.63, 3.8) is 0 Å². The van der Waals surface area contributed by atoms with Crippen LogP contribution >= 0.6 is 47.9 Å². The third-order valence-electron chi connectivity index (χ3n) is 4.45. The lowest BCUT2D eigenvalue weighted by Crippen LogP contribution is -2.19. The quantitative estimate of drug-likeness (QED) is 0.303. The Hall–Kier alpha value is -1.29. The molecule has 0 atom stereocenters. The molecule has 0 aliphatic heterocycles. The summed E-state index contributed by atoms with van der Waals surface area (Å²) in [5.74, 6) is 2.26. The predicted octanol–water partition coefficient (Wildman–Crippen LogP) is 4.05. The summed E-state index contributed by atoms with van der Waals surface area (Å²) in [6.07, 6.45) is 4.62. The zero-order valence-electron chi connectivity index (χ0n) is 17.2. The van der Waals surface area contributed by atoms with E-state index in [2.05, 4.69) is 15.3 Å². The number of phenolic OH excluding ortho intramolecular Hbond substituents is 1. The molecule has 0 radical (unpaired) electrons. The second-order valence-electron chi connectivity index (χ2n) is 6.61. The fourth-order valence-electron chi connectivity index (χ4n) is 2.96. The molecule has 0 aliphatic carbocycles. The molecule has 2 heterocycles. The molecule has 0 unspecified atom stereocenters. The number of thiazole rings is 1. The van der Waals surface area contributed by atoms with Crippen LogP contribution in [0.2, 0.25) is 0 Å². The molecule has 0 amide bonds. The summed E-state index contributed by atoms with van der Waals surface area (Å²) in [7, 11) is 0. The largest absolute Gasteiger partial charge is 0.506 e. The van der Waals surface area contributed by atoms with Crippen molar-refractivity contribution in [2.75, 3.05) is 37.8 Å². The highest BCUT2D eigenvalue weighted by atomic mass is 35.5. The number of phenols is 1. The molecule has 172 valence electrons. The molecule has 0 aliphatic rings. The zero-order valence-corrected chi connectivity index (χ0v) is 20.4. The predicted molar refractivity (Wildman–Crippen MR) is 136 cm³/mol. The molecule has 10 heteroatoms. The number of ether oxygens (including phenoxy) is 1. The molecule has 31 heavy (non-hydrogen) atoms. The van der Waals surface area contributed by atoms with E-state index in [1.54, 1.807) is 6.07 Å². The standard InChI is InChI=1S/C21H27N3O3S2.2ClH/c25-18-6-5-16(20-19(18)24-21(26)29-20)7-11-22-9-3-14-28-15-13-27-12-8-17-4-1-2-10-23-17;;/h1-2,4-6,10,22,25H,3,7-9,11-15H2,(H,24,26);2*1H. The normalized spacial score (nSPS) is 10.6. The number of aromatic nitrogens is 2. The highest BCUT2D eigenvalue weighted by Gasteiger charge is 2.09. The van der Waals surface area contributed by atoms with Crippen molar-refractivity contribution in [2.45, 2.75) is 19.3 Å². The molecular weight excluding hydrogens is 477 g/mol. The highest BCUT2D eigenvalue weighted by Crippen LogP contribution is 2.27. The van der Waals surface area contributed by atoms with Crippen LogP contribution in [0.5, 0.6) is 5.75 Å².